The molecule has 3 nitrogen and oxygen atoms in total. The maximum Gasteiger partial charge on any atom is 0.284 e. The van der Waals surface area contributed by atoms with Gasteiger partial charge in [-0.05, 0) is 31.5 Å². The molecule has 0 amide bonds. The van der Waals surface area contributed by atoms with Crippen LogP contribution in [0.15, 0.2) is 16.5 Å². The van der Waals surface area contributed by atoms with Crippen LogP contribution >= 0.6 is 11.8 Å². The molecular formula is C14H23F2NO2S. The lowest BCUT2D eigenvalue weighted by Gasteiger charge is -2.04. The molecule has 0 unspecified atom stereocenters. The van der Waals surface area contributed by atoms with Gasteiger partial charge in [0.05, 0.1) is 12.3 Å². The molecule has 0 saturated heterocycles. The van der Waals surface area contributed by atoms with E-state index >= 15 is 0 Å². The summed E-state index contributed by atoms with van der Waals surface area (Å²) in [6, 6.07) is 3.58. The highest BCUT2D eigenvalue weighted by Gasteiger charge is 2.07. The second-order valence-electron chi connectivity index (χ2n) is 4.44. The number of hydrogen-bond donors (Lipinski definition) is 1. The third-order valence-electron chi connectivity index (χ3n) is 2.65. The number of halogens is 2. The van der Waals surface area contributed by atoms with E-state index in [-0.39, 0.29) is 5.75 Å². The van der Waals surface area contributed by atoms with Gasteiger partial charge in [-0.1, -0.05) is 25.1 Å². The van der Waals surface area contributed by atoms with Gasteiger partial charge >= 0.3 is 0 Å². The lowest BCUT2D eigenvalue weighted by atomic mass is 10.3. The molecule has 0 bridgehead atoms. The van der Waals surface area contributed by atoms with Gasteiger partial charge in [0.1, 0.15) is 11.5 Å². The summed E-state index contributed by atoms with van der Waals surface area (Å²) in [4.78, 5) is 0. The summed E-state index contributed by atoms with van der Waals surface area (Å²) in [5.41, 5.74) is 0. The molecule has 0 fully saturated rings. The molecule has 1 aromatic heterocycles. The van der Waals surface area contributed by atoms with Crippen LogP contribution < -0.4 is 5.32 Å². The van der Waals surface area contributed by atoms with E-state index in [0.717, 1.165) is 44.8 Å². The van der Waals surface area contributed by atoms with Crippen molar-refractivity contribution >= 4 is 11.8 Å². The zero-order valence-corrected chi connectivity index (χ0v) is 12.7. The van der Waals surface area contributed by atoms with Crippen molar-refractivity contribution < 1.29 is 17.9 Å². The fraction of sp³-hybridized carbons (Fsp3) is 0.714. The van der Waals surface area contributed by atoms with Crippen LogP contribution in [-0.4, -0.2) is 25.5 Å². The Morgan fingerprint density at radius 1 is 1.25 bits per heavy atom. The van der Waals surface area contributed by atoms with Crippen LogP contribution in [0.25, 0.3) is 0 Å². The summed E-state index contributed by atoms with van der Waals surface area (Å²) in [5, 5.41) is 3.24. The van der Waals surface area contributed by atoms with E-state index in [1.807, 2.05) is 6.07 Å². The Balaban J connectivity index is 2.01. The van der Waals surface area contributed by atoms with Crippen LogP contribution in [0.1, 0.15) is 37.7 Å². The predicted molar refractivity (Wildman–Crippen MR) is 78.1 cm³/mol. The SMILES string of the molecule is CCCCOCCCNCc1ccc(CSC(F)F)o1. The van der Waals surface area contributed by atoms with Crippen molar-refractivity contribution in [2.45, 2.75) is 44.2 Å². The molecule has 0 aliphatic rings. The molecule has 116 valence electrons. The summed E-state index contributed by atoms with van der Waals surface area (Å²) >= 11 is 0.575. The van der Waals surface area contributed by atoms with Crippen molar-refractivity contribution in [1.29, 1.82) is 0 Å². The van der Waals surface area contributed by atoms with Crippen molar-refractivity contribution in [3.63, 3.8) is 0 Å². The van der Waals surface area contributed by atoms with Gasteiger partial charge in [0, 0.05) is 13.2 Å². The van der Waals surface area contributed by atoms with E-state index in [0.29, 0.717) is 24.1 Å². The lowest BCUT2D eigenvalue weighted by Crippen LogP contribution is -2.16. The number of thioether (sulfide) groups is 1. The highest BCUT2D eigenvalue weighted by atomic mass is 32.2. The number of furan rings is 1. The van der Waals surface area contributed by atoms with Crippen LogP contribution in [0.2, 0.25) is 0 Å². The summed E-state index contributed by atoms with van der Waals surface area (Å²) in [6.07, 6.45) is 3.22. The molecule has 1 heterocycles. The molecule has 20 heavy (non-hydrogen) atoms. The number of ether oxygens (including phenoxy) is 1. The zero-order valence-electron chi connectivity index (χ0n) is 11.9. The van der Waals surface area contributed by atoms with Gasteiger partial charge in [-0.3, -0.25) is 0 Å². The quantitative estimate of drug-likeness (QED) is 0.591. The maximum atomic E-state index is 12.0. The van der Waals surface area contributed by atoms with Crippen LogP contribution in [0.4, 0.5) is 8.78 Å². The minimum atomic E-state index is -2.35. The lowest BCUT2D eigenvalue weighted by molar-refractivity contribution is 0.128. The zero-order chi connectivity index (χ0) is 14.6. The smallest absolute Gasteiger partial charge is 0.284 e. The standard InChI is InChI=1S/C14H23F2NO2S/c1-2-3-8-18-9-4-7-17-10-12-5-6-13(19-12)11-20-14(15)16/h5-6,14,17H,2-4,7-11H2,1H3. The fourth-order valence-electron chi connectivity index (χ4n) is 1.60. The van der Waals surface area contributed by atoms with E-state index in [4.69, 9.17) is 9.15 Å². The van der Waals surface area contributed by atoms with Crippen molar-refractivity contribution in [3.8, 4) is 0 Å². The third-order valence-corrected chi connectivity index (χ3v) is 3.36. The fourth-order valence-corrected chi connectivity index (χ4v) is 2.04. The Bertz CT molecular complexity index is 348. The third kappa shape index (κ3) is 8.55. The second-order valence-corrected chi connectivity index (χ2v) is 5.41. The number of rotatable bonds is 12. The molecule has 0 spiro atoms. The summed E-state index contributed by atoms with van der Waals surface area (Å²) in [6.45, 7) is 5.21. The normalized spacial score (nSPS) is 11.4. The van der Waals surface area contributed by atoms with Crippen LogP contribution in [-0.2, 0) is 17.0 Å². The largest absolute Gasteiger partial charge is 0.464 e. The van der Waals surface area contributed by atoms with E-state index in [1.54, 1.807) is 6.07 Å². The van der Waals surface area contributed by atoms with Gasteiger partial charge in [-0.25, -0.2) is 0 Å². The van der Waals surface area contributed by atoms with E-state index in [9.17, 15) is 8.78 Å². The second kappa shape index (κ2) is 11.1. The van der Waals surface area contributed by atoms with Crippen molar-refractivity contribution in [2.24, 2.45) is 0 Å². The van der Waals surface area contributed by atoms with Crippen LogP contribution in [0.5, 0.6) is 0 Å². The number of hydrogen-bond acceptors (Lipinski definition) is 4. The molecule has 1 N–H and O–H groups in total. The Morgan fingerprint density at radius 2 is 2.00 bits per heavy atom. The summed E-state index contributed by atoms with van der Waals surface area (Å²) < 4.78 is 34.9. The van der Waals surface area contributed by atoms with Gasteiger partial charge in [0.2, 0.25) is 0 Å². The molecule has 1 rings (SSSR count). The Morgan fingerprint density at radius 3 is 2.75 bits per heavy atom. The van der Waals surface area contributed by atoms with Gasteiger partial charge < -0.3 is 14.5 Å². The Labute approximate surface area is 123 Å². The minimum absolute atomic E-state index is 0.211. The average molecular weight is 307 g/mol. The highest BCUT2D eigenvalue weighted by molar-refractivity contribution is 7.98. The number of alkyl halides is 2. The molecule has 0 aliphatic carbocycles. The van der Waals surface area contributed by atoms with Crippen molar-refractivity contribution in [3.05, 3.63) is 23.7 Å². The highest BCUT2D eigenvalue weighted by Crippen LogP contribution is 2.21. The Kier molecular flexibility index (Phi) is 9.70. The van der Waals surface area contributed by atoms with E-state index in [1.165, 1.54) is 0 Å². The first-order chi connectivity index (χ1) is 9.72. The monoisotopic (exact) mass is 307 g/mol. The molecular weight excluding hydrogens is 284 g/mol. The molecule has 0 radical (unpaired) electrons. The first kappa shape index (κ1) is 17.5. The number of nitrogens with one attached hydrogen (secondary N) is 1. The molecule has 0 aliphatic heterocycles. The molecule has 0 atom stereocenters. The van der Waals surface area contributed by atoms with Crippen molar-refractivity contribution in [1.82, 2.24) is 5.32 Å². The predicted octanol–water partition coefficient (Wildman–Crippen LogP) is 4.03. The molecule has 1 aromatic rings. The van der Waals surface area contributed by atoms with Gasteiger partial charge in [-0.15, -0.1) is 0 Å². The first-order valence-electron chi connectivity index (χ1n) is 6.98. The van der Waals surface area contributed by atoms with Crippen LogP contribution in [0, 0.1) is 0 Å². The average Bonchev–Trinajstić information content (AvgIpc) is 2.87. The Hall–Kier alpha value is -0.590. The van der Waals surface area contributed by atoms with Gasteiger partial charge in [-0.2, -0.15) is 8.78 Å². The van der Waals surface area contributed by atoms with Gasteiger partial charge in [0.25, 0.3) is 5.76 Å². The summed E-state index contributed by atoms with van der Waals surface area (Å²) in [7, 11) is 0. The topological polar surface area (TPSA) is 34.4 Å². The molecule has 0 aromatic carbocycles. The van der Waals surface area contributed by atoms with Crippen LogP contribution in [0.3, 0.4) is 0 Å². The maximum absolute atomic E-state index is 12.0. The van der Waals surface area contributed by atoms with E-state index in [2.05, 4.69) is 12.2 Å². The summed E-state index contributed by atoms with van der Waals surface area (Å²) in [5.74, 6) is -0.769. The van der Waals surface area contributed by atoms with Crippen molar-refractivity contribution in [2.75, 3.05) is 19.8 Å². The molecule has 0 saturated carbocycles. The van der Waals surface area contributed by atoms with Gasteiger partial charge in [0.15, 0.2) is 0 Å². The minimum Gasteiger partial charge on any atom is -0.464 e. The molecule has 6 heteroatoms. The van der Waals surface area contributed by atoms with E-state index < -0.39 is 5.76 Å². The number of unbranched alkanes of at least 4 members (excludes halogenated alkanes) is 1. The first-order valence-corrected chi connectivity index (χ1v) is 8.03.